The Morgan fingerprint density at radius 2 is 1.87 bits per heavy atom. The van der Waals surface area contributed by atoms with E-state index in [1.807, 2.05) is 52.0 Å². The van der Waals surface area contributed by atoms with Crippen LogP contribution in [0.2, 0.25) is 5.02 Å². The minimum absolute atomic E-state index is 0.0455. The molecule has 0 saturated heterocycles. The Bertz CT molecular complexity index is 885. The van der Waals surface area contributed by atoms with Crippen LogP contribution in [0.5, 0.6) is 5.75 Å². The molecule has 2 aromatic rings. The highest BCUT2D eigenvalue weighted by Gasteiger charge is 2.27. The van der Waals surface area contributed by atoms with Crippen molar-refractivity contribution in [2.75, 3.05) is 6.61 Å². The number of carbonyl (C=O) groups is 2. The molecule has 2 amide bonds. The van der Waals surface area contributed by atoms with Gasteiger partial charge in [0.25, 0.3) is 5.91 Å². The zero-order valence-electron chi connectivity index (χ0n) is 18.4. The molecule has 0 spiro atoms. The van der Waals surface area contributed by atoms with Crippen molar-refractivity contribution in [2.45, 2.75) is 59.7 Å². The summed E-state index contributed by atoms with van der Waals surface area (Å²) in [5.41, 5.74) is 2.94. The maximum atomic E-state index is 13.1. The molecule has 0 bridgehead atoms. The summed E-state index contributed by atoms with van der Waals surface area (Å²) in [5.74, 6) is 0.140. The number of halogens is 1. The predicted octanol–water partition coefficient (Wildman–Crippen LogP) is 4.67. The van der Waals surface area contributed by atoms with Crippen molar-refractivity contribution in [3.05, 3.63) is 64.2 Å². The minimum atomic E-state index is -0.623. The first kappa shape index (κ1) is 23.7. The summed E-state index contributed by atoms with van der Waals surface area (Å²) in [6.07, 6.45) is 0.823. The molecule has 30 heavy (non-hydrogen) atoms. The minimum Gasteiger partial charge on any atom is -0.484 e. The van der Waals surface area contributed by atoms with Gasteiger partial charge < -0.3 is 15.0 Å². The van der Waals surface area contributed by atoms with Crippen LogP contribution < -0.4 is 10.1 Å². The molecule has 0 aliphatic carbocycles. The van der Waals surface area contributed by atoms with E-state index >= 15 is 0 Å². The van der Waals surface area contributed by atoms with Gasteiger partial charge in [-0.3, -0.25) is 9.59 Å². The predicted molar refractivity (Wildman–Crippen MR) is 121 cm³/mol. The third kappa shape index (κ3) is 6.77. The van der Waals surface area contributed by atoms with E-state index in [2.05, 4.69) is 5.32 Å². The molecule has 0 radical (unpaired) electrons. The molecule has 0 aromatic heterocycles. The molecular weight excluding hydrogens is 400 g/mol. The van der Waals surface area contributed by atoms with Gasteiger partial charge in [-0.1, -0.05) is 48.4 Å². The van der Waals surface area contributed by atoms with Crippen molar-refractivity contribution in [3.63, 3.8) is 0 Å². The number of amides is 2. The summed E-state index contributed by atoms with van der Waals surface area (Å²) in [6.45, 7) is 9.75. The molecule has 5 nitrogen and oxygen atoms in total. The molecule has 0 aliphatic heterocycles. The van der Waals surface area contributed by atoms with E-state index in [9.17, 15) is 9.59 Å². The first-order valence-corrected chi connectivity index (χ1v) is 10.6. The molecule has 0 fully saturated rings. The fourth-order valence-corrected chi connectivity index (χ4v) is 3.11. The highest BCUT2D eigenvalue weighted by atomic mass is 35.5. The van der Waals surface area contributed by atoms with E-state index in [0.717, 1.165) is 23.1 Å². The van der Waals surface area contributed by atoms with Gasteiger partial charge in [0, 0.05) is 17.6 Å². The van der Waals surface area contributed by atoms with Gasteiger partial charge in [-0.15, -0.1) is 0 Å². The Labute approximate surface area is 184 Å². The van der Waals surface area contributed by atoms with Crippen LogP contribution in [0.25, 0.3) is 0 Å². The molecule has 162 valence electrons. The summed E-state index contributed by atoms with van der Waals surface area (Å²) in [6, 6.07) is 12.6. The number of aryl methyl sites for hydroxylation is 2. The van der Waals surface area contributed by atoms with Crippen LogP contribution in [-0.4, -0.2) is 35.4 Å². The fourth-order valence-electron chi connectivity index (χ4n) is 2.99. The number of carbonyl (C=O) groups excluding carboxylic acids is 2. The Morgan fingerprint density at radius 1 is 1.13 bits per heavy atom. The maximum absolute atomic E-state index is 13.1. The summed E-state index contributed by atoms with van der Waals surface area (Å²) >= 11 is 6.05. The summed E-state index contributed by atoms with van der Waals surface area (Å²) in [4.78, 5) is 27.3. The summed E-state index contributed by atoms with van der Waals surface area (Å²) in [7, 11) is 0. The van der Waals surface area contributed by atoms with Gasteiger partial charge in [-0.25, -0.2) is 0 Å². The molecule has 1 N–H and O–H groups in total. The van der Waals surface area contributed by atoms with Crippen molar-refractivity contribution in [3.8, 4) is 5.75 Å². The van der Waals surface area contributed by atoms with Gasteiger partial charge in [0.1, 0.15) is 11.8 Å². The fraction of sp³-hybridized carbons (Fsp3) is 0.417. The number of rotatable bonds is 9. The molecule has 0 heterocycles. The molecule has 0 unspecified atom stereocenters. The Hall–Kier alpha value is -2.53. The summed E-state index contributed by atoms with van der Waals surface area (Å²) < 4.78 is 5.70. The lowest BCUT2D eigenvalue weighted by Gasteiger charge is -2.29. The zero-order chi connectivity index (χ0) is 22.3. The first-order valence-electron chi connectivity index (χ1n) is 10.3. The first-order chi connectivity index (χ1) is 14.2. The van der Waals surface area contributed by atoms with Gasteiger partial charge in [-0.2, -0.15) is 0 Å². The number of benzene rings is 2. The van der Waals surface area contributed by atoms with E-state index in [-0.39, 0.29) is 24.5 Å². The lowest BCUT2D eigenvalue weighted by molar-refractivity contribution is -0.142. The smallest absolute Gasteiger partial charge is 0.261 e. The van der Waals surface area contributed by atoms with Gasteiger partial charge in [-0.05, 0) is 63.4 Å². The molecule has 6 heteroatoms. The van der Waals surface area contributed by atoms with E-state index in [4.69, 9.17) is 16.3 Å². The third-order valence-electron chi connectivity index (χ3n) is 5.10. The maximum Gasteiger partial charge on any atom is 0.261 e. The SMILES string of the molecule is CC[C@@H](C)NC(=O)[C@H](C)N(Cc1cccc(C)c1)C(=O)COc1ccc(Cl)c(C)c1. The normalized spacial score (nSPS) is 12.7. The van der Waals surface area contributed by atoms with Crippen molar-refractivity contribution < 1.29 is 14.3 Å². The highest BCUT2D eigenvalue weighted by Crippen LogP contribution is 2.21. The van der Waals surface area contributed by atoms with Crippen LogP contribution in [0.15, 0.2) is 42.5 Å². The van der Waals surface area contributed by atoms with E-state index < -0.39 is 6.04 Å². The summed E-state index contributed by atoms with van der Waals surface area (Å²) in [5, 5.41) is 3.60. The van der Waals surface area contributed by atoms with E-state index in [1.165, 1.54) is 0 Å². The van der Waals surface area contributed by atoms with Gasteiger partial charge >= 0.3 is 0 Å². The number of nitrogens with zero attached hydrogens (tertiary/aromatic N) is 1. The van der Waals surface area contributed by atoms with Crippen LogP contribution in [0.3, 0.4) is 0 Å². The molecule has 2 aromatic carbocycles. The Morgan fingerprint density at radius 3 is 2.50 bits per heavy atom. The molecule has 0 saturated carbocycles. The Balaban J connectivity index is 2.16. The van der Waals surface area contributed by atoms with Gasteiger partial charge in [0.05, 0.1) is 0 Å². The lowest BCUT2D eigenvalue weighted by atomic mass is 10.1. The largest absolute Gasteiger partial charge is 0.484 e. The second-order valence-electron chi connectivity index (χ2n) is 7.70. The van der Waals surface area contributed by atoms with Crippen LogP contribution in [-0.2, 0) is 16.1 Å². The van der Waals surface area contributed by atoms with Crippen molar-refractivity contribution in [1.82, 2.24) is 10.2 Å². The van der Waals surface area contributed by atoms with E-state index in [1.54, 1.807) is 30.0 Å². The quantitative estimate of drug-likeness (QED) is 0.629. The van der Waals surface area contributed by atoms with Crippen LogP contribution >= 0.6 is 11.6 Å². The van der Waals surface area contributed by atoms with Gasteiger partial charge in [0.15, 0.2) is 6.61 Å². The standard InChI is InChI=1S/C24H31ClN2O3/c1-6-18(4)26-24(29)19(5)27(14-20-9-7-8-16(2)12-20)23(28)15-30-21-10-11-22(25)17(3)13-21/h7-13,18-19H,6,14-15H2,1-5H3,(H,26,29)/t18-,19+/m1/s1. The molecule has 2 rings (SSSR count). The molecule has 0 aliphatic rings. The zero-order valence-corrected chi connectivity index (χ0v) is 19.1. The average Bonchev–Trinajstić information content (AvgIpc) is 2.72. The van der Waals surface area contributed by atoms with Crippen molar-refractivity contribution >= 4 is 23.4 Å². The number of ether oxygens (including phenoxy) is 1. The van der Waals surface area contributed by atoms with Crippen LogP contribution in [0.1, 0.15) is 43.9 Å². The average molecular weight is 431 g/mol. The second-order valence-corrected chi connectivity index (χ2v) is 8.11. The third-order valence-corrected chi connectivity index (χ3v) is 5.52. The monoisotopic (exact) mass is 430 g/mol. The van der Waals surface area contributed by atoms with Crippen molar-refractivity contribution in [2.24, 2.45) is 0 Å². The number of nitrogens with one attached hydrogen (secondary N) is 1. The number of hydrogen-bond acceptors (Lipinski definition) is 3. The molecular formula is C24H31ClN2O3. The van der Waals surface area contributed by atoms with Crippen molar-refractivity contribution in [1.29, 1.82) is 0 Å². The lowest BCUT2D eigenvalue weighted by Crippen LogP contribution is -2.50. The van der Waals surface area contributed by atoms with Crippen LogP contribution in [0.4, 0.5) is 0 Å². The highest BCUT2D eigenvalue weighted by molar-refractivity contribution is 6.31. The Kier molecular flexibility index (Phi) is 8.72. The van der Waals surface area contributed by atoms with Gasteiger partial charge in [0.2, 0.25) is 5.91 Å². The second kappa shape index (κ2) is 11.0. The van der Waals surface area contributed by atoms with E-state index in [0.29, 0.717) is 17.3 Å². The van der Waals surface area contributed by atoms with Crippen LogP contribution in [0, 0.1) is 13.8 Å². The number of hydrogen-bond donors (Lipinski definition) is 1. The topological polar surface area (TPSA) is 58.6 Å². The molecule has 2 atom stereocenters.